The number of nitrogens with one attached hydrogen (secondary N) is 1. The van der Waals surface area contributed by atoms with Crippen molar-refractivity contribution in [2.45, 2.75) is 13.8 Å². The Morgan fingerprint density at radius 1 is 1.20 bits per heavy atom. The van der Waals surface area contributed by atoms with Crippen LogP contribution in [-0.2, 0) is 9.59 Å². The molecule has 6 heteroatoms. The molecule has 0 fully saturated rings. The van der Waals surface area contributed by atoms with E-state index in [4.69, 9.17) is 10.00 Å². The molecule has 1 N–H and O–H groups in total. The van der Waals surface area contributed by atoms with Gasteiger partial charge in [0.2, 0.25) is 11.8 Å². The molecule has 0 spiro atoms. The van der Waals surface area contributed by atoms with Gasteiger partial charge in [-0.25, -0.2) is 0 Å². The Morgan fingerprint density at radius 2 is 1.92 bits per heavy atom. The van der Waals surface area contributed by atoms with E-state index in [1.54, 1.807) is 48.5 Å². The zero-order valence-electron chi connectivity index (χ0n) is 14.2. The molecular formula is C19H19N3O3. The molecule has 0 atom stereocenters. The molecule has 0 aliphatic carbocycles. The number of amides is 2. The van der Waals surface area contributed by atoms with Gasteiger partial charge in [0.1, 0.15) is 12.3 Å². The van der Waals surface area contributed by atoms with Crippen LogP contribution >= 0.6 is 0 Å². The van der Waals surface area contributed by atoms with Crippen molar-refractivity contribution < 1.29 is 14.3 Å². The monoisotopic (exact) mass is 337 g/mol. The van der Waals surface area contributed by atoms with Crippen LogP contribution in [0.5, 0.6) is 5.75 Å². The van der Waals surface area contributed by atoms with Crippen molar-refractivity contribution in [2.75, 3.05) is 23.4 Å². The van der Waals surface area contributed by atoms with Gasteiger partial charge in [0.15, 0.2) is 0 Å². The molecule has 0 aliphatic heterocycles. The summed E-state index contributed by atoms with van der Waals surface area (Å²) in [6.45, 7) is 3.70. The first kappa shape index (κ1) is 18.0. The molecule has 0 aliphatic rings. The Hall–Kier alpha value is -3.33. The molecule has 0 aromatic heterocycles. The van der Waals surface area contributed by atoms with Gasteiger partial charge >= 0.3 is 0 Å². The Kier molecular flexibility index (Phi) is 6.13. The largest absolute Gasteiger partial charge is 0.494 e. The van der Waals surface area contributed by atoms with E-state index in [2.05, 4.69) is 5.32 Å². The predicted molar refractivity (Wildman–Crippen MR) is 95.4 cm³/mol. The molecule has 6 nitrogen and oxygen atoms in total. The van der Waals surface area contributed by atoms with E-state index >= 15 is 0 Å². The van der Waals surface area contributed by atoms with Crippen molar-refractivity contribution in [1.29, 1.82) is 5.26 Å². The minimum atomic E-state index is -0.332. The van der Waals surface area contributed by atoms with Gasteiger partial charge in [0.25, 0.3) is 0 Å². The molecule has 0 radical (unpaired) electrons. The number of anilines is 2. The number of hydrogen-bond donors (Lipinski definition) is 1. The van der Waals surface area contributed by atoms with Gasteiger partial charge in [-0.3, -0.25) is 9.59 Å². The maximum atomic E-state index is 12.3. The smallest absolute Gasteiger partial charge is 0.244 e. The normalized spacial score (nSPS) is 9.80. The molecule has 2 amide bonds. The second kappa shape index (κ2) is 8.50. The summed E-state index contributed by atoms with van der Waals surface area (Å²) in [5.41, 5.74) is 1.55. The molecule has 25 heavy (non-hydrogen) atoms. The van der Waals surface area contributed by atoms with Crippen molar-refractivity contribution in [2.24, 2.45) is 0 Å². The Labute approximate surface area is 146 Å². The maximum Gasteiger partial charge on any atom is 0.244 e. The topological polar surface area (TPSA) is 82.4 Å². The lowest BCUT2D eigenvalue weighted by Gasteiger charge is -2.21. The molecule has 0 saturated heterocycles. The van der Waals surface area contributed by atoms with Gasteiger partial charge in [-0.15, -0.1) is 0 Å². The van der Waals surface area contributed by atoms with Crippen LogP contribution in [0.4, 0.5) is 11.4 Å². The fraction of sp³-hybridized carbons (Fsp3) is 0.211. The quantitative estimate of drug-likeness (QED) is 0.878. The standard InChI is InChI=1S/C19H19N3O3/c1-3-25-18-9-7-16(8-10-18)21-19(24)13-22(14(2)23)17-6-4-5-15(11-17)12-20/h4-11H,3,13H2,1-2H3,(H,21,24). The lowest BCUT2D eigenvalue weighted by Crippen LogP contribution is -2.36. The number of benzene rings is 2. The van der Waals surface area contributed by atoms with Gasteiger partial charge in [-0.2, -0.15) is 5.26 Å². The Balaban J connectivity index is 2.07. The number of carbonyl (C=O) groups is 2. The maximum absolute atomic E-state index is 12.3. The van der Waals surface area contributed by atoms with Crippen molar-refractivity contribution in [3.63, 3.8) is 0 Å². The van der Waals surface area contributed by atoms with Crippen molar-refractivity contribution in [3.8, 4) is 11.8 Å². The third-order valence-electron chi connectivity index (χ3n) is 3.42. The summed E-state index contributed by atoms with van der Waals surface area (Å²) in [7, 11) is 0. The highest BCUT2D eigenvalue weighted by Gasteiger charge is 2.16. The van der Waals surface area contributed by atoms with E-state index in [0.717, 1.165) is 5.75 Å². The number of nitriles is 1. The second-order valence-electron chi connectivity index (χ2n) is 5.27. The summed E-state index contributed by atoms with van der Waals surface area (Å²) in [6.07, 6.45) is 0. The average molecular weight is 337 g/mol. The molecule has 0 saturated carbocycles. The van der Waals surface area contributed by atoms with Gasteiger partial charge in [0, 0.05) is 18.3 Å². The fourth-order valence-corrected chi connectivity index (χ4v) is 2.27. The molecule has 2 aromatic carbocycles. The molecule has 128 valence electrons. The fourth-order valence-electron chi connectivity index (χ4n) is 2.27. The van der Waals surface area contributed by atoms with Crippen LogP contribution in [0.2, 0.25) is 0 Å². The molecule has 2 aromatic rings. The summed E-state index contributed by atoms with van der Waals surface area (Å²) in [5.74, 6) is 0.109. The molecule has 2 rings (SSSR count). The molecular weight excluding hydrogens is 318 g/mol. The van der Waals surface area contributed by atoms with Crippen LogP contribution in [0, 0.1) is 11.3 Å². The summed E-state index contributed by atoms with van der Waals surface area (Å²) >= 11 is 0. The first-order chi connectivity index (χ1) is 12.0. The van der Waals surface area contributed by atoms with Gasteiger partial charge in [0.05, 0.1) is 18.2 Å². The van der Waals surface area contributed by atoms with E-state index in [-0.39, 0.29) is 18.4 Å². The summed E-state index contributed by atoms with van der Waals surface area (Å²) < 4.78 is 5.35. The zero-order chi connectivity index (χ0) is 18.2. The number of rotatable bonds is 6. The van der Waals surface area contributed by atoms with Gasteiger partial charge in [-0.05, 0) is 49.4 Å². The molecule has 0 heterocycles. The van der Waals surface area contributed by atoms with Crippen LogP contribution in [0.3, 0.4) is 0 Å². The number of ether oxygens (including phenoxy) is 1. The highest BCUT2D eigenvalue weighted by Crippen LogP contribution is 2.18. The van der Waals surface area contributed by atoms with E-state index < -0.39 is 0 Å². The highest BCUT2D eigenvalue weighted by atomic mass is 16.5. The zero-order valence-corrected chi connectivity index (χ0v) is 14.2. The third-order valence-corrected chi connectivity index (χ3v) is 3.42. The van der Waals surface area contributed by atoms with Gasteiger partial charge < -0.3 is 15.0 Å². The van der Waals surface area contributed by atoms with Crippen molar-refractivity contribution >= 4 is 23.2 Å². The lowest BCUT2D eigenvalue weighted by molar-refractivity contribution is -0.120. The SMILES string of the molecule is CCOc1ccc(NC(=O)CN(C(C)=O)c2cccc(C#N)c2)cc1. The first-order valence-corrected chi connectivity index (χ1v) is 7.84. The predicted octanol–water partition coefficient (Wildman–Crippen LogP) is 2.95. The number of nitrogens with zero attached hydrogens (tertiary/aromatic N) is 2. The van der Waals surface area contributed by atoms with Gasteiger partial charge in [-0.1, -0.05) is 6.07 Å². The van der Waals surface area contributed by atoms with E-state index in [1.165, 1.54) is 11.8 Å². The van der Waals surface area contributed by atoms with Crippen LogP contribution in [0.25, 0.3) is 0 Å². The van der Waals surface area contributed by atoms with Crippen LogP contribution in [0.15, 0.2) is 48.5 Å². The summed E-state index contributed by atoms with van der Waals surface area (Å²) in [6, 6.07) is 15.6. The van der Waals surface area contributed by atoms with Crippen LogP contribution in [-0.4, -0.2) is 25.0 Å². The molecule has 0 unspecified atom stereocenters. The minimum absolute atomic E-state index is 0.141. The number of hydrogen-bond acceptors (Lipinski definition) is 4. The first-order valence-electron chi connectivity index (χ1n) is 7.84. The minimum Gasteiger partial charge on any atom is -0.494 e. The van der Waals surface area contributed by atoms with Crippen LogP contribution in [0.1, 0.15) is 19.4 Å². The van der Waals surface area contributed by atoms with E-state index in [1.807, 2.05) is 13.0 Å². The second-order valence-corrected chi connectivity index (χ2v) is 5.27. The van der Waals surface area contributed by atoms with E-state index in [0.29, 0.717) is 23.5 Å². The summed E-state index contributed by atoms with van der Waals surface area (Å²) in [5, 5.41) is 11.7. The summed E-state index contributed by atoms with van der Waals surface area (Å²) in [4.78, 5) is 25.5. The average Bonchev–Trinajstić information content (AvgIpc) is 2.61. The van der Waals surface area contributed by atoms with Crippen molar-refractivity contribution in [1.82, 2.24) is 0 Å². The number of carbonyl (C=O) groups excluding carboxylic acids is 2. The van der Waals surface area contributed by atoms with E-state index in [9.17, 15) is 9.59 Å². The van der Waals surface area contributed by atoms with Crippen LogP contribution < -0.4 is 15.0 Å². The third kappa shape index (κ3) is 5.08. The Morgan fingerprint density at radius 3 is 2.52 bits per heavy atom. The lowest BCUT2D eigenvalue weighted by atomic mass is 10.2. The molecule has 0 bridgehead atoms. The Bertz CT molecular complexity index is 794. The highest BCUT2D eigenvalue weighted by molar-refractivity contribution is 6.01. The van der Waals surface area contributed by atoms with Crippen molar-refractivity contribution in [3.05, 3.63) is 54.1 Å².